The van der Waals surface area contributed by atoms with Crippen LogP contribution in [0.3, 0.4) is 0 Å². The molecule has 0 radical (unpaired) electrons. The van der Waals surface area contributed by atoms with Crippen LogP contribution < -0.4 is 10.7 Å². The normalized spacial score (nSPS) is 12.2. The van der Waals surface area contributed by atoms with E-state index in [1.54, 1.807) is 5.01 Å². The highest BCUT2D eigenvalue weighted by Gasteiger charge is 2.26. The van der Waals surface area contributed by atoms with Gasteiger partial charge in [-0.25, -0.2) is 14.6 Å². The Hall–Kier alpha value is -4.66. The Labute approximate surface area is 240 Å². The summed E-state index contributed by atoms with van der Waals surface area (Å²) in [5.41, 5.74) is 6.33. The molecule has 0 aliphatic rings. The van der Waals surface area contributed by atoms with Crippen molar-refractivity contribution in [1.82, 2.24) is 15.8 Å². The number of hydrogen-bond acceptors (Lipinski definition) is 6. The van der Waals surface area contributed by atoms with E-state index in [0.29, 0.717) is 13.0 Å². The first kappa shape index (κ1) is 29.3. The third kappa shape index (κ3) is 10.4. The number of rotatable bonds is 13. The average molecular weight is 554 g/mol. The number of benzene rings is 4. The third-order valence-electron chi connectivity index (χ3n) is 6.36. The highest BCUT2D eigenvalue weighted by Crippen LogP contribution is 2.11. The second-order valence-electron chi connectivity index (χ2n) is 9.61. The maximum Gasteiger partial charge on any atom is 0.422 e. The minimum atomic E-state index is -1.06. The highest BCUT2D eigenvalue weighted by atomic mass is 16.6. The smallest absolute Gasteiger partial charge is 0.422 e. The van der Waals surface area contributed by atoms with Gasteiger partial charge < -0.3 is 19.9 Å². The van der Waals surface area contributed by atoms with Crippen LogP contribution in [0.4, 0.5) is 9.59 Å². The molecule has 2 amide bonds. The molecule has 0 spiro atoms. The van der Waals surface area contributed by atoms with E-state index in [-0.39, 0.29) is 19.8 Å². The van der Waals surface area contributed by atoms with Crippen molar-refractivity contribution in [3.05, 3.63) is 144 Å². The molecule has 2 atom stereocenters. The number of amides is 2. The van der Waals surface area contributed by atoms with E-state index in [0.717, 1.165) is 22.3 Å². The van der Waals surface area contributed by atoms with E-state index in [9.17, 15) is 14.7 Å². The summed E-state index contributed by atoms with van der Waals surface area (Å²) < 4.78 is 10.8. The van der Waals surface area contributed by atoms with Gasteiger partial charge in [-0.05, 0) is 28.7 Å². The van der Waals surface area contributed by atoms with Gasteiger partial charge in [-0.2, -0.15) is 0 Å². The number of nitrogens with zero attached hydrogens (tertiary/aromatic N) is 1. The Balaban J connectivity index is 1.43. The van der Waals surface area contributed by atoms with Gasteiger partial charge in [0, 0.05) is 13.1 Å². The number of aliphatic hydroxyl groups is 1. The molecule has 0 saturated heterocycles. The molecular weight excluding hydrogens is 518 g/mol. The number of carbonyl (C=O) groups is 2. The fourth-order valence-electron chi connectivity index (χ4n) is 4.26. The number of ether oxygens (including phenoxy) is 2. The zero-order valence-electron chi connectivity index (χ0n) is 22.8. The van der Waals surface area contributed by atoms with E-state index in [4.69, 9.17) is 9.47 Å². The molecule has 0 aromatic heterocycles. The molecule has 0 fully saturated rings. The molecule has 3 N–H and O–H groups in total. The van der Waals surface area contributed by atoms with Crippen molar-refractivity contribution >= 4 is 12.2 Å². The summed E-state index contributed by atoms with van der Waals surface area (Å²) >= 11 is 0. The van der Waals surface area contributed by atoms with Crippen molar-refractivity contribution in [3.63, 3.8) is 0 Å². The summed E-state index contributed by atoms with van der Waals surface area (Å²) in [6.07, 6.45) is -1.98. The molecule has 0 heterocycles. The minimum absolute atomic E-state index is 0.0196. The van der Waals surface area contributed by atoms with Crippen LogP contribution in [-0.2, 0) is 35.7 Å². The minimum Gasteiger partial charge on any atom is -0.445 e. The maximum atomic E-state index is 12.7. The Kier molecular flexibility index (Phi) is 11.3. The summed E-state index contributed by atoms with van der Waals surface area (Å²) in [4.78, 5) is 25.5. The Morgan fingerprint density at radius 3 is 1.59 bits per heavy atom. The SMILES string of the molecule is O=C(N[C@H](Cc1ccccc1)[C@H](O)CN(Cc1ccccc1)NC(=O)OCc1ccccc1)OCc1ccccc1. The van der Waals surface area contributed by atoms with Gasteiger partial charge in [0.05, 0.1) is 12.1 Å². The van der Waals surface area contributed by atoms with Crippen molar-refractivity contribution < 1.29 is 24.2 Å². The molecule has 0 saturated carbocycles. The fourth-order valence-corrected chi connectivity index (χ4v) is 4.26. The topological polar surface area (TPSA) is 100 Å². The van der Waals surface area contributed by atoms with Crippen molar-refractivity contribution in [2.24, 2.45) is 0 Å². The predicted molar refractivity (Wildman–Crippen MR) is 156 cm³/mol. The lowest BCUT2D eigenvalue weighted by molar-refractivity contribution is 0.0404. The molecule has 4 rings (SSSR count). The Morgan fingerprint density at radius 2 is 1.07 bits per heavy atom. The molecule has 212 valence electrons. The zero-order chi connectivity index (χ0) is 28.7. The second kappa shape index (κ2) is 15.8. The summed E-state index contributed by atoms with van der Waals surface area (Å²) in [6.45, 7) is 0.552. The van der Waals surface area contributed by atoms with Crippen LogP contribution in [0.2, 0.25) is 0 Å². The predicted octanol–water partition coefficient (Wildman–Crippen LogP) is 5.23. The summed E-state index contributed by atoms with van der Waals surface area (Å²) in [5.74, 6) is 0. The van der Waals surface area contributed by atoms with Gasteiger partial charge in [0.1, 0.15) is 13.2 Å². The summed E-state index contributed by atoms with van der Waals surface area (Å²) in [6, 6.07) is 37.2. The van der Waals surface area contributed by atoms with Gasteiger partial charge in [-0.3, -0.25) is 5.43 Å². The molecular formula is C33H35N3O5. The van der Waals surface area contributed by atoms with Crippen LogP contribution in [0.1, 0.15) is 22.3 Å². The van der Waals surface area contributed by atoms with E-state index >= 15 is 0 Å². The van der Waals surface area contributed by atoms with Gasteiger partial charge in [0.25, 0.3) is 0 Å². The summed E-state index contributed by atoms with van der Waals surface area (Å²) in [7, 11) is 0. The molecule has 0 unspecified atom stereocenters. The molecule has 4 aromatic carbocycles. The molecule has 4 aromatic rings. The molecule has 8 nitrogen and oxygen atoms in total. The van der Waals surface area contributed by atoms with Gasteiger partial charge in [0.2, 0.25) is 0 Å². The first-order valence-electron chi connectivity index (χ1n) is 13.5. The maximum absolute atomic E-state index is 12.7. The quantitative estimate of drug-likeness (QED) is 0.196. The number of carbonyl (C=O) groups excluding carboxylic acids is 2. The number of hydrazine groups is 1. The fraction of sp³-hybridized carbons (Fsp3) is 0.212. The van der Waals surface area contributed by atoms with Crippen LogP contribution in [0.5, 0.6) is 0 Å². The lowest BCUT2D eigenvalue weighted by atomic mass is 10.0. The van der Waals surface area contributed by atoms with Crippen LogP contribution >= 0.6 is 0 Å². The first-order valence-corrected chi connectivity index (χ1v) is 13.5. The molecule has 0 aliphatic heterocycles. The third-order valence-corrected chi connectivity index (χ3v) is 6.36. The lowest BCUT2D eigenvalue weighted by Crippen LogP contribution is -2.53. The molecule has 8 heteroatoms. The monoisotopic (exact) mass is 553 g/mol. The number of alkyl carbamates (subject to hydrolysis) is 1. The van der Waals surface area contributed by atoms with Gasteiger partial charge in [-0.15, -0.1) is 0 Å². The molecule has 0 aliphatic carbocycles. The number of hydrogen-bond donors (Lipinski definition) is 3. The van der Waals surface area contributed by atoms with Crippen molar-refractivity contribution in [3.8, 4) is 0 Å². The standard InChI is InChI=1S/C33H35N3O5/c37-31(30(21-26-13-5-1-6-14-26)34-32(38)40-24-28-17-9-3-10-18-28)23-36(22-27-15-7-2-8-16-27)35-33(39)41-25-29-19-11-4-12-20-29/h1-20,30-31,37H,21-25H2,(H,34,38)(H,35,39)/t30-,31-/m1/s1. The van der Waals surface area contributed by atoms with E-state index in [1.807, 2.05) is 121 Å². The Bertz CT molecular complexity index is 1320. The Morgan fingerprint density at radius 1 is 0.634 bits per heavy atom. The molecule has 41 heavy (non-hydrogen) atoms. The van der Waals surface area contributed by atoms with Crippen molar-refractivity contribution in [2.45, 2.75) is 38.3 Å². The summed E-state index contributed by atoms with van der Waals surface area (Å²) in [5, 5.41) is 15.8. The van der Waals surface area contributed by atoms with Crippen molar-refractivity contribution in [2.75, 3.05) is 6.54 Å². The van der Waals surface area contributed by atoms with Crippen LogP contribution in [0.15, 0.2) is 121 Å². The van der Waals surface area contributed by atoms with E-state index in [2.05, 4.69) is 10.7 Å². The first-order chi connectivity index (χ1) is 20.0. The second-order valence-corrected chi connectivity index (χ2v) is 9.61. The van der Waals surface area contributed by atoms with Gasteiger partial charge in [0.15, 0.2) is 0 Å². The van der Waals surface area contributed by atoms with E-state index < -0.39 is 24.3 Å². The highest BCUT2D eigenvalue weighted by molar-refractivity contribution is 5.68. The number of aliphatic hydroxyl groups excluding tert-OH is 1. The molecule has 0 bridgehead atoms. The van der Waals surface area contributed by atoms with Crippen LogP contribution in [-0.4, -0.2) is 41.0 Å². The van der Waals surface area contributed by atoms with E-state index in [1.165, 1.54) is 0 Å². The van der Waals surface area contributed by atoms with Crippen LogP contribution in [0, 0.1) is 0 Å². The van der Waals surface area contributed by atoms with Crippen LogP contribution in [0.25, 0.3) is 0 Å². The number of nitrogens with one attached hydrogen (secondary N) is 2. The zero-order valence-corrected chi connectivity index (χ0v) is 22.8. The van der Waals surface area contributed by atoms with Gasteiger partial charge in [-0.1, -0.05) is 121 Å². The average Bonchev–Trinajstić information content (AvgIpc) is 3.01. The largest absolute Gasteiger partial charge is 0.445 e. The lowest BCUT2D eigenvalue weighted by Gasteiger charge is -2.30. The van der Waals surface area contributed by atoms with Crippen molar-refractivity contribution in [1.29, 1.82) is 0 Å². The van der Waals surface area contributed by atoms with Gasteiger partial charge >= 0.3 is 12.2 Å².